The zero-order valence-electron chi connectivity index (χ0n) is 7.76. The van der Waals surface area contributed by atoms with Gasteiger partial charge in [-0.1, -0.05) is 19.1 Å². The Balaban J connectivity index is 3.77. The van der Waals surface area contributed by atoms with Crippen molar-refractivity contribution in [3.05, 3.63) is 24.0 Å². The first-order chi connectivity index (χ1) is 5.70. The standard InChI is InChI=1S/C9H17ClN2/c1-3-8(2)12-9(11)6-4-5-7-10/h4-6,8,12H,3,7,11H2,1-2H3/p+1. The van der Waals surface area contributed by atoms with Gasteiger partial charge in [0.05, 0.1) is 6.04 Å². The van der Waals surface area contributed by atoms with Crippen molar-refractivity contribution in [3.8, 4) is 0 Å². The highest BCUT2D eigenvalue weighted by atomic mass is 35.5. The second-order valence-corrected chi connectivity index (χ2v) is 3.11. The second-order valence-electron chi connectivity index (χ2n) is 2.80. The Morgan fingerprint density at radius 2 is 2.33 bits per heavy atom. The Hall–Kier alpha value is -0.470. The molecule has 1 atom stereocenters. The first kappa shape index (κ1) is 11.5. The van der Waals surface area contributed by atoms with E-state index in [1.54, 1.807) is 0 Å². The third-order valence-electron chi connectivity index (χ3n) is 1.63. The van der Waals surface area contributed by atoms with Crippen LogP contribution in [0, 0.1) is 0 Å². The predicted molar refractivity (Wildman–Crippen MR) is 53.8 cm³/mol. The summed E-state index contributed by atoms with van der Waals surface area (Å²) in [6.07, 6.45) is 6.72. The van der Waals surface area contributed by atoms with Gasteiger partial charge in [0.25, 0.3) is 0 Å². The van der Waals surface area contributed by atoms with E-state index in [0.717, 1.165) is 12.2 Å². The molecule has 4 N–H and O–H groups in total. The fourth-order valence-corrected chi connectivity index (χ4v) is 0.835. The van der Waals surface area contributed by atoms with Gasteiger partial charge in [0.2, 0.25) is 0 Å². The number of nitrogens with two attached hydrogens (primary N) is 2. The minimum atomic E-state index is 0.535. The summed E-state index contributed by atoms with van der Waals surface area (Å²) >= 11 is 5.45. The molecule has 0 aromatic heterocycles. The summed E-state index contributed by atoms with van der Waals surface area (Å²) in [4.78, 5) is 0. The SMILES string of the molecule is CCC(C)[NH2+]C(N)=CC=CCCl. The molecule has 1 unspecified atom stereocenters. The molecule has 70 valence electrons. The smallest absolute Gasteiger partial charge is 0.195 e. The van der Waals surface area contributed by atoms with E-state index in [2.05, 4.69) is 19.2 Å². The van der Waals surface area contributed by atoms with Crippen LogP contribution in [-0.2, 0) is 0 Å². The van der Waals surface area contributed by atoms with Crippen LogP contribution in [0.2, 0.25) is 0 Å². The van der Waals surface area contributed by atoms with Gasteiger partial charge in [-0.3, -0.25) is 5.32 Å². The molecule has 0 heterocycles. The molecule has 3 heteroatoms. The van der Waals surface area contributed by atoms with Crippen LogP contribution in [0.3, 0.4) is 0 Å². The molecule has 0 aliphatic rings. The fraction of sp³-hybridized carbons (Fsp3) is 0.556. The van der Waals surface area contributed by atoms with Crippen molar-refractivity contribution in [2.45, 2.75) is 26.3 Å². The van der Waals surface area contributed by atoms with E-state index < -0.39 is 0 Å². The number of alkyl halides is 1. The molecule has 0 amide bonds. The van der Waals surface area contributed by atoms with Crippen molar-refractivity contribution in [3.63, 3.8) is 0 Å². The van der Waals surface area contributed by atoms with E-state index in [1.165, 1.54) is 0 Å². The Morgan fingerprint density at radius 3 is 2.83 bits per heavy atom. The highest BCUT2D eigenvalue weighted by Gasteiger charge is 2.01. The molecule has 0 aromatic carbocycles. The lowest BCUT2D eigenvalue weighted by molar-refractivity contribution is -0.641. The average molecular weight is 190 g/mol. The molecule has 0 rings (SSSR count). The van der Waals surface area contributed by atoms with E-state index in [-0.39, 0.29) is 0 Å². The lowest BCUT2D eigenvalue weighted by atomic mass is 10.2. The maximum absolute atomic E-state index is 5.70. The molecule has 0 bridgehead atoms. The summed E-state index contributed by atoms with van der Waals surface area (Å²) in [6, 6.07) is 0.547. The van der Waals surface area contributed by atoms with Gasteiger partial charge in [-0.15, -0.1) is 11.6 Å². The summed E-state index contributed by atoms with van der Waals surface area (Å²) in [6.45, 7) is 4.29. The number of halogens is 1. The van der Waals surface area contributed by atoms with Gasteiger partial charge in [0.1, 0.15) is 0 Å². The molecule has 0 saturated heterocycles. The van der Waals surface area contributed by atoms with Crippen LogP contribution in [-0.4, -0.2) is 11.9 Å². The lowest BCUT2D eigenvalue weighted by Gasteiger charge is -2.05. The van der Waals surface area contributed by atoms with Crippen molar-refractivity contribution in [2.24, 2.45) is 5.73 Å². The van der Waals surface area contributed by atoms with Gasteiger partial charge in [-0.25, -0.2) is 0 Å². The van der Waals surface area contributed by atoms with Gasteiger partial charge in [-0.05, 0) is 13.3 Å². The molecule has 0 aliphatic carbocycles. The van der Waals surface area contributed by atoms with Crippen molar-refractivity contribution in [1.82, 2.24) is 0 Å². The number of hydrogen-bond donors (Lipinski definition) is 2. The van der Waals surface area contributed by atoms with Crippen LogP contribution >= 0.6 is 11.6 Å². The molecule has 0 radical (unpaired) electrons. The van der Waals surface area contributed by atoms with Gasteiger partial charge < -0.3 is 5.73 Å². The Labute approximate surface area is 79.5 Å². The third-order valence-corrected chi connectivity index (χ3v) is 1.81. The van der Waals surface area contributed by atoms with Crippen molar-refractivity contribution >= 4 is 11.6 Å². The minimum absolute atomic E-state index is 0.535. The molecule has 2 nitrogen and oxygen atoms in total. The molecule has 12 heavy (non-hydrogen) atoms. The molecular weight excluding hydrogens is 172 g/mol. The normalized spacial score (nSPS) is 15.4. The topological polar surface area (TPSA) is 42.6 Å². The summed E-state index contributed by atoms with van der Waals surface area (Å²) in [7, 11) is 0. The quantitative estimate of drug-likeness (QED) is 0.491. The minimum Gasteiger partial charge on any atom is -0.355 e. The maximum Gasteiger partial charge on any atom is 0.195 e. The maximum atomic E-state index is 5.70. The van der Waals surface area contributed by atoms with Crippen LogP contribution in [0.5, 0.6) is 0 Å². The Bertz CT molecular complexity index is 164. The molecule has 0 fully saturated rings. The number of rotatable bonds is 5. The fourth-order valence-electron chi connectivity index (χ4n) is 0.733. The van der Waals surface area contributed by atoms with Crippen LogP contribution in [0.1, 0.15) is 20.3 Å². The first-order valence-electron chi connectivity index (χ1n) is 4.23. The number of hydrogen-bond acceptors (Lipinski definition) is 1. The van der Waals surface area contributed by atoms with Crippen LogP contribution in [0.25, 0.3) is 0 Å². The summed E-state index contributed by atoms with van der Waals surface area (Å²) < 4.78 is 0. The Morgan fingerprint density at radius 1 is 1.67 bits per heavy atom. The molecular formula is C9H18ClN2+. The third kappa shape index (κ3) is 6.25. The van der Waals surface area contributed by atoms with Crippen molar-refractivity contribution in [2.75, 3.05) is 5.88 Å². The van der Waals surface area contributed by atoms with E-state index in [4.69, 9.17) is 17.3 Å². The Kier molecular flexibility index (Phi) is 6.91. The van der Waals surface area contributed by atoms with Gasteiger partial charge in [-0.2, -0.15) is 0 Å². The van der Waals surface area contributed by atoms with Crippen molar-refractivity contribution in [1.29, 1.82) is 0 Å². The molecule has 0 saturated carbocycles. The van der Waals surface area contributed by atoms with Crippen LogP contribution in [0.15, 0.2) is 24.0 Å². The first-order valence-corrected chi connectivity index (χ1v) is 4.77. The zero-order valence-corrected chi connectivity index (χ0v) is 8.51. The summed E-state index contributed by atoms with van der Waals surface area (Å²) in [5.74, 6) is 1.35. The summed E-state index contributed by atoms with van der Waals surface area (Å²) in [5.41, 5.74) is 5.70. The van der Waals surface area contributed by atoms with E-state index in [9.17, 15) is 0 Å². The van der Waals surface area contributed by atoms with Crippen LogP contribution < -0.4 is 11.1 Å². The van der Waals surface area contributed by atoms with E-state index in [0.29, 0.717) is 11.9 Å². The van der Waals surface area contributed by atoms with Gasteiger partial charge >= 0.3 is 0 Å². The van der Waals surface area contributed by atoms with E-state index >= 15 is 0 Å². The zero-order chi connectivity index (χ0) is 9.40. The lowest BCUT2D eigenvalue weighted by Crippen LogP contribution is -2.89. The molecule has 0 aliphatic heterocycles. The van der Waals surface area contributed by atoms with Crippen LogP contribution in [0.4, 0.5) is 0 Å². The molecule has 0 aromatic rings. The monoisotopic (exact) mass is 189 g/mol. The van der Waals surface area contributed by atoms with Gasteiger partial charge in [0, 0.05) is 12.0 Å². The average Bonchev–Trinajstić information content (AvgIpc) is 2.05. The predicted octanol–water partition coefficient (Wildman–Crippen LogP) is 0.943. The summed E-state index contributed by atoms with van der Waals surface area (Å²) in [5, 5.41) is 2.05. The van der Waals surface area contributed by atoms with Gasteiger partial charge in [0.15, 0.2) is 5.82 Å². The van der Waals surface area contributed by atoms with E-state index in [1.807, 2.05) is 18.2 Å². The van der Waals surface area contributed by atoms with Crippen molar-refractivity contribution < 1.29 is 5.32 Å². The highest BCUT2D eigenvalue weighted by molar-refractivity contribution is 6.18. The largest absolute Gasteiger partial charge is 0.355 e. The second kappa shape index (κ2) is 7.19. The number of quaternary nitrogens is 1. The highest BCUT2D eigenvalue weighted by Crippen LogP contribution is 1.82. The molecule has 0 spiro atoms. The number of allylic oxidation sites excluding steroid dienone is 3.